The van der Waals surface area contributed by atoms with Gasteiger partial charge in [0, 0.05) is 17.4 Å². The number of nitrogens with zero attached hydrogens (tertiary/aromatic N) is 1. The standard InChI is InChI=1S/C21H18BrNO4/c1-24-18-9-12(8-16(22)21(18)25-2)19-13(10-23)11-27-20-14-4-3-7-26-17(14)6-5-15(19)20/h3,5-9,11,15,19-20H,4H2,1-2H3. The van der Waals surface area contributed by atoms with Crippen LogP contribution in [0.3, 0.4) is 0 Å². The summed E-state index contributed by atoms with van der Waals surface area (Å²) in [5.74, 6) is 1.91. The first-order valence-electron chi connectivity index (χ1n) is 8.58. The summed E-state index contributed by atoms with van der Waals surface area (Å²) in [6.07, 6.45) is 9.92. The third kappa shape index (κ3) is 2.92. The Hall–Kier alpha value is -2.65. The molecule has 0 spiro atoms. The first-order valence-corrected chi connectivity index (χ1v) is 9.37. The maximum atomic E-state index is 9.70. The second kappa shape index (κ2) is 7.16. The summed E-state index contributed by atoms with van der Waals surface area (Å²) in [6, 6.07) is 6.20. The molecule has 2 aliphatic heterocycles. The highest BCUT2D eigenvalue weighted by Crippen LogP contribution is 2.48. The third-order valence-electron chi connectivity index (χ3n) is 5.11. The predicted molar refractivity (Wildman–Crippen MR) is 103 cm³/mol. The van der Waals surface area contributed by atoms with Crippen LogP contribution in [0.4, 0.5) is 0 Å². The lowest BCUT2D eigenvalue weighted by Gasteiger charge is -2.39. The average molecular weight is 428 g/mol. The van der Waals surface area contributed by atoms with Crippen molar-refractivity contribution < 1.29 is 18.9 Å². The van der Waals surface area contributed by atoms with Crippen LogP contribution in [0.15, 0.2) is 64.3 Å². The molecule has 0 saturated carbocycles. The first kappa shape index (κ1) is 17.7. The molecule has 138 valence electrons. The summed E-state index contributed by atoms with van der Waals surface area (Å²) in [7, 11) is 3.20. The van der Waals surface area contributed by atoms with Gasteiger partial charge >= 0.3 is 0 Å². The van der Waals surface area contributed by atoms with Gasteiger partial charge in [-0.3, -0.25) is 0 Å². The molecule has 0 amide bonds. The van der Waals surface area contributed by atoms with Gasteiger partial charge in [0.15, 0.2) is 11.5 Å². The largest absolute Gasteiger partial charge is 0.493 e. The van der Waals surface area contributed by atoms with Crippen LogP contribution in [0.5, 0.6) is 11.5 Å². The minimum atomic E-state index is -0.163. The number of methoxy groups -OCH3 is 2. The van der Waals surface area contributed by atoms with E-state index in [1.54, 1.807) is 26.7 Å². The van der Waals surface area contributed by atoms with Gasteiger partial charge in [0.25, 0.3) is 0 Å². The molecule has 27 heavy (non-hydrogen) atoms. The highest BCUT2D eigenvalue weighted by Gasteiger charge is 2.41. The molecule has 4 rings (SSSR count). The van der Waals surface area contributed by atoms with Crippen LogP contribution in [0, 0.1) is 17.2 Å². The molecule has 0 radical (unpaired) electrons. The molecule has 5 nitrogen and oxygen atoms in total. The van der Waals surface area contributed by atoms with E-state index in [4.69, 9.17) is 18.9 Å². The van der Waals surface area contributed by atoms with E-state index in [0.29, 0.717) is 17.1 Å². The minimum Gasteiger partial charge on any atom is -0.493 e. The Bertz CT molecular complexity index is 938. The van der Waals surface area contributed by atoms with Crippen molar-refractivity contribution >= 4 is 15.9 Å². The number of allylic oxidation sites excluding steroid dienone is 3. The van der Waals surface area contributed by atoms with Gasteiger partial charge in [-0.15, -0.1) is 0 Å². The molecule has 0 fully saturated rings. The number of hydrogen-bond donors (Lipinski definition) is 0. The van der Waals surface area contributed by atoms with Gasteiger partial charge in [0.1, 0.15) is 11.9 Å². The maximum absolute atomic E-state index is 9.70. The summed E-state index contributed by atoms with van der Waals surface area (Å²) in [6.45, 7) is 0. The van der Waals surface area contributed by atoms with E-state index >= 15 is 0 Å². The van der Waals surface area contributed by atoms with Gasteiger partial charge in [-0.05, 0) is 52.2 Å². The van der Waals surface area contributed by atoms with E-state index in [1.807, 2.05) is 24.3 Å². The van der Waals surface area contributed by atoms with E-state index in [0.717, 1.165) is 27.8 Å². The van der Waals surface area contributed by atoms with Gasteiger partial charge < -0.3 is 18.9 Å². The van der Waals surface area contributed by atoms with Crippen molar-refractivity contribution in [1.82, 2.24) is 0 Å². The molecule has 1 aromatic rings. The van der Waals surface area contributed by atoms with E-state index in [-0.39, 0.29) is 17.9 Å². The SMILES string of the molecule is COc1cc(C2C(C#N)=COC3C4=C(C=CC32)OC=CC4)cc(Br)c1OC. The number of nitriles is 1. The Balaban J connectivity index is 1.80. The summed E-state index contributed by atoms with van der Waals surface area (Å²) in [5, 5.41) is 9.70. The molecule has 3 atom stereocenters. The van der Waals surface area contributed by atoms with Crippen molar-refractivity contribution in [2.75, 3.05) is 14.2 Å². The Labute approximate surface area is 166 Å². The van der Waals surface area contributed by atoms with Crippen LogP contribution in [0.25, 0.3) is 0 Å². The Morgan fingerprint density at radius 3 is 2.85 bits per heavy atom. The third-order valence-corrected chi connectivity index (χ3v) is 5.70. The van der Waals surface area contributed by atoms with Crippen LogP contribution in [0.2, 0.25) is 0 Å². The molecular formula is C21H18BrNO4. The molecule has 2 heterocycles. The van der Waals surface area contributed by atoms with Crippen molar-refractivity contribution in [2.24, 2.45) is 5.92 Å². The minimum absolute atomic E-state index is 0.0106. The zero-order valence-electron chi connectivity index (χ0n) is 14.9. The van der Waals surface area contributed by atoms with Crippen LogP contribution in [-0.4, -0.2) is 20.3 Å². The maximum Gasteiger partial charge on any atom is 0.174 e. The fourth-order valence-electron chi connectivity index (χ4n) is 3.91. The molecule has 3 aliphatic rings. The van der Waals surface area contributed by atoms with E-state index in [1.165, 1.54) is 0 Å². The lowest BCUT2D eigenvalue weighted by atomic mass is 9.72. The topological polar surface area (TPSA) is 60.7 Å². The van der Waals surface area contributed by atoms with Crippen molar-refractivity contribution in [3.8, 4) is 17.6 Å². The number of ether oxygens (including phenoxy) is 4. The van der Waals surface area contributed by atoms with Gasteiger partial charge in [-0.2, -0.15) is 5.26 Å². The quantitative estimate of drug-likeness (QED) is 0.697. The Morgan fingerprint density at radius 1 is 1.26 bits per heavy atom. The van der Waals surface area contributed by atoms with Gasteiger partial charge in [-0.25, -0.2) is 0 Å². The smallest absolute Gasteiger partial charge is 0.174 e. The van der Waals surface area contributed by atoms with E-state index in [9.17, 15) is 5.26 Å². The van der Waals surface area contributed by atoms with Crippen LogP contribution >= 0.6 is 15.9 Å². The van der Waals surface area contributed by atoms with Gasteiger partial charge in [0.05, 0.1) is 42.9 Å². The van der Waals surface area contributed by atoms with Gasteiger partial charge in [-0.1, -0.05) is 6.08 Å². The summed E-state index contributed by atoms with van der Waals surface area (Å²) in [5.41, 5.74) is 2.64. The summed E-state index contributed by atoms with van der Waals surface area (Å²) < 4.78 is 23.3. The molecule has 6 heteroatoms. The fraction of sp³-hybridized carbons (Fsp3) is 0.286. The normalized spacial score (nSPS) is 25.4. The van der Waals surface area contributed by atoms with Crippen LogP contribution < -0.4 is 9.47 Å². The second-order valence-corrected chi connectivity index (χ2v) is 7.33. The number of hydrogen-bond acceptors (Lipinski definition) is 5. The number of fused-ring (bicyclic) bond motifs is 2. The van der Waals surface area contributed by atoms with E-state index < -0.39 is 0 Å². The first-order chi connectivity index (χ1) is 13.2. The summed E-state index contributed by atoms with van der Waals surface area (Å²) >= 11 is 3.56. The number of halogens is 1. The number of benzene rings is 1. The molecular weight excluding hydrogens is 410 g/mol. The van der Waals surface area contributed by atoms with Crippen LogP contribution in [-0.2, 0) is 9.47 Å². The van der Waals surface area contributed by atoms with Crippen LogP contribution in [0.1, 0.15) is 17.9 Å². The highest BCUT2D eigenvalue weighted by atomic mass is 79.9. The van der Waals surface area contributed by atoms with Crippen molar-refractivity contribution in [2.45, 2.75) is 18.4 Å². The van der Waals surface area contributed by atoms with E-state index in [2.05, 4.69) is 28.1 Å². The molecule has 0 N–H and O–H groups in total. The lowest BCUT2D eigenvalue weighted by Crippen LogP contribution is -2.35. The predicted octanol–water partition coefficient (Wildman–Crippen LogP) is 4.73. The fourth-order valence-corrected chi connectivity index (χ4v) is 4.53. The summed E-state index contributed by atoms with van der Waals surface area (Å²) in [4.78, 5) is 0. The zero-order chi connectivity index (χ0) is 19.0. The average Bonchev–Trinajstić information content (AvgIpc) is 2.71. The molecule has 0 bridgehead atoms. The number of rotatable bonds is 3. The molecule has 3 unspecified atom stereocenters. The Morgan fingerprint density at radius 2 is 2.11 bits per heavy atom. The molecule has 1 aromatic carbocycles. The second-order valence-electron chi connectivity index (χ2n) is 6.48. The van der Waals surface area contributed by atoms with Crippen molar-refractivity contribution in [1.29, 1.82) is 5.26 Å². The molecule has 0 aromatic heterocycles. The molecule has 0 saturated heterocycles. The highest BCUT2D eigenvalue weighted by molar-refractivity contribution is 9.10. The van der Waals surface area contributed by atoms with Crippen molar-refractivity contribution in [3.63, 3.8) is 0 Å². The molecule has 1 aliphatic carbocycles. The Kier molecular flexibility index (Phi) is 4.71. The monoisotopic (exact) mass is 427 g/mol. The zero-order valence-corrected chi connectivity index (χ0v) is 16.5. The van der Waals surface area contributed by atoms with Crippen molar-refractivity contribution in [3.05, 3.63) is 69.8 Å². The lowest BCUT2D eigenvalue weighted by molar-refractivity contribution is 0.0982. The van der Waals surface area contributed by atoms with Gasteiger partial charge in [0.2, 0.25) is 0 Å².